The SMILES string of the molecule is Cc1nn(C)c(C)c1C(=O)NCCCc1cn[nH]c1C. The minimum absolute atomic E-state index is 0.0444. The average Bonchev–Trinajstić information content (AvgIpc) is 2.90. The Bertz CT molecular complexity index is 611. The molecule has 2 N–H and O–H groups in total. The molecular weight excluding hydrogens is 254 g/mol. The van der Waals surface area contributed by atoms with Crippen molar-refractivity contribution in [1.82, 2.24) is 25.3 Å². The van der Waals surface area contributed by atoms with E-state index in [1.165, 1.54) is 5.56 Å². The second-order valence-electron chi connectivity index (χ2n) is 5.05. The van der Waals surface area contributed by atoms with Gasteiger partial charge in [0.05, 0.1) is 17.5 Å². The summed E-state index contributed by atoms with van der Waals surface area (Å²) in [5.41, 5.74) is 4.65. The Morgan fingerprint density at radius 2 is 2.15 bits per heavy atom. The van der Waals surface area contributed by atoms with E-state index in [9.17, 15) is 4.79 Å². The highest BCUT2D eigenvalue weighted by Crippen LogP contribution is 2.11. The van der Waals surface area contributed by atoms with Crippen molar-refractivity contribution in [3.05, 3.63) is 34.4 Å². The molecular formula is C14H21N5O. The quantitative estimate of drug-likeness (QED) is 0.811. The lowest BCUT2D eigenvalue weighted by Crippen LogP contribution is -2.25. The summed E-state index contributed by atoms with van der Waals surface area (Å²) in [5.74, 6) is -0.0444. The van der Waals surface area contributed by atoms with Crippen LogP contribution in [0.2, 0.25) is 0 Å². The molecule has 6 heteroatoms. The Kier molecular flexibility index (Phi) is 4.22. The highest BCUT2D eigenvalue weighted by molar-refractivity contribution is 5.96. The first kappa shape index (κ1) is 14.3. The zero-order chi connectivity index (χ0) is 14.7. The topological polar surface area (TPSA) is 75.6 Å². The third kappa shape index (κ3) is 2.89. The Balaban J connectivity index is 1.85. The first-order valence-electron chi connectivity index (χ1n) is 6.78. The Morgan fingerprint density at radius 3 is 2.70 bits per heavy atom. The van der Waals surface area contributed by atoms with Crippen molar-refractivity contribution in [3.8, 4) is 0 Å². The van der Waals surface area contributed by atoms with Gasteiger partial charge in [0.1, 0.15) is 0 Å². The van der Waals surface area contributed by atoms with Crippen LogP contribution >= 0.6 is 0 Å². The molecule has 20 heavy (non-hydrogen) atoms. The first-order chi connectivity index (χ1) is 9.50. The van der Waals surface area contributed by atoms with Gasteiger partial charge in [-0.25, -0.2) is 0 Å². The number of carbonyl (C=O) groups excluding carboxylic acids is 1. The van der Waals surface area contributed by atoms with Gasteiger partial charge in [-0.1, -0.05) is 0 Å². The molecule has 0 bridgehead atoms. The van der Waals surface area contributed by atoms with E-state index in [2.05, 4.69) is 20.6 Å². The maximum Gasteiger partial charge on any atom is 0.255 e. The summed E-state index contributed by atoms with van der Waals surface area (Å²) in [7, 11) is 1.85. The van der Waals surface area contributed by atoms with Gasteiger partial charge in [0, 0.05) is 25.0 Å². The molecule has 0 saturated heterocycles. The molecule has 108 valence electrons. The number of aromatic amines is 1. The van der Waals surface area contributed by atoms with Crippen LogP contribution in [-0.4, -0.2) is 32.4 Å². The molecule has 2 aromatic heterocycles. The lowest BCUT2D eigenvalue weighted by atomic mass is 10.1. The van der Waals surface area contributed by atoms with Crippen LogP contribution in [0, 0.1) is 20.8 Å². The molecule has 0 fully saturated rings. The van der Waals surface area contributed by atoms with Gasteiger partial charge in [-0.3, -0.25) is 14.6 Å². The molecule has 0 aliphatic rings. The van der Waals surface area contributed by atoms with E-state index in [-0.39, 0.29) is 5.91 Å². The lowest BCUT2D eigenvalue weighted by Gasteiger charge is -2.05. The van der Waals surface area contributed by atoms with Crippen molar-refractivity contribution in [2.24, 2.45) is 7.05 Å². The zero-order valence-corrected chi connectivity index (χ0v) is 12.4. The summed E-state index contributed by atoms with van der Waals surface area (Å²) in [6, 6.07) is 0. The number of hydrogen-bond donors (Lipinski definition) is 2. The number of carbonyl (C=O) groups is 1. The van der Waals surface area contributed by atoms with Crippen LogP contribution < -0.4 is 5.32 Å². The number of nitrogens with zero attached hydrogens (tertiary/aromatic N) is 3. The summed E-state index contributed by atoms with van der Waals surface area (Å²) in [6.45, 7) is 6.42. The summed E-state index contributed by atoms with van der Waals surface area (Å²) >= 11 is 0. The number of nitrogens with one attached hydrogen (secondary N) is 2. The molecule has 1 amide bonds. The van der Waals surface area contributed by atoms with Crippen molar-refractivity contribution in [3.63, 3.8) is 0 Å². The maximum atomic E-state index is 12.1. The van der Waals surface area contributed by atoms with Crippen LogP contribution in [0.5, 0.6) is 0 Å². The second-order valence-corrected chi connectivity index (χ2v) is 5.05. The van der Waals surface area contributed by atoms with Crippen LogP contribution in [-0.2, 0) is 13.5 Å². The Hall–Kier alpha value is -2.11. The third-order valence-corrected chi connectivity index (χ3v) is 3.58. The summed E-state index contributed by atoms with van der Waals surface area (Å²) < 4.78 is 1.74. The standard InChI is InChI=1S/C14H21N5O/c1-9-12(8-16-17-9)6-5-7-15-14(20)13-10(2)18-19(4)11(13)3/h8H,5-7H2,1-4H3,(H,15,20)(H,16,17). The molecule has 2 aromatic rings. The molecule has 2 heterocycles. The van der Waals surface area contributed by atoms with Crippen LogP contribution in [0.1, 0.15) is 39.4 Å². The minimum atomic E-state index is -0.0444. The fourth-order valence-corrected chi connectivity index (χ4v) is 2.30. The van der Waals surface area contributed by atoms with Gasteiger partial charge in [-0.2, -0.15) is 10.2 Å². The van der Waals surface area contributed by atoms with Gasteiger partial charge in [-0.05, 0) is 39.2 Å². The van der Waals surface area contributed by atoms with Gasteiger partial charge in [-0.15, -0.1) is 0 Å². The Morgan fingerprint density at radius 1 is 1.40 bits per heavy atom. The van der Waals surface area contributed by atoms with Gasteiger partial charge < -0.3 is 5.32 Å². The maximum absolute atomic E-state index is 12.1. The predicted molar refractivity (Wildman–Crippen MR) is 76.7 cm³/mol. The third-order valence-electron chi connectivity index (χ3n) is 3.58. The normalized spacial score (nSPS) is 10.8. The smallest absolute Gasteiger partial charge is 0.255 e. The van der Waals surface area contributed by atoms with Crippen molar-refractivity contribution < 1.29 is 4.79 Å². The van der Waals surface area contributed by atoms with E-state index in [0.29, 0.717) is 12.1 Å². The number of H-pyrrole nitrogens is 1. The molecule has 0 spiro atoms. The highest BCUT2D eigenvalue weighted by Gasteiger charge is 2.16. The van der Waals surface area contributed by atoms with E-state index >= 15 is 0 Å². The molecule has 0 aromatic carbocycles. The number of rotatable bonds is 5. The van der Waals surface area contributed by atoms with E-state index in [4.69, 9.17) is 0 Å². The largest absolute Gasteiger partial charge is 0.352 e. The zero-order valence-electron chi connectivity index (χ0n) is 12.4. The molecule has 0 radical (unpaired) electrons. The summed E-state index contributed by atoms with van der Waals surface area (Å²) in [6.07, 6.45) is 3.64. The monoisotopic (exact) mass is 275 g/mol. The fraction of sp³-hybridized carbons (Fsp3) is 0.500. The first-order valence-corrected chi connectivity index (χ1v) is 6.78. The fourth-order valence-electron chi connectivity index (χ4n) is 2.30. The van der Waals surface area contributed by atoms with E-state index in [1.807, 2.05) is 34.0 Å². The second kappa shape index (κ2) is 5.90. The van der Waals surface area contributed by atoms with Gasteiger partial charge in [0.2, 0.25) is 0 Å². The van der Waals surface area contributed by atoms with E-state index < -0.39 is 0 Å². The van der Waals surface area contributed by atoms with Crippen molar-refractivity contribution in [2.75, 3.05) is 6.54 Å². The van der Waals surface area contributed by atoms with Crippen LogP contribution in [0.15, 0.2) is 6.20 Å². The van der Waals surface area contributed by atoms with Crippen molar-refractivity contribution in [2.45, 2.75) is 33.6 Å². The Labute approximate surface area is 118 Å². The number of hydrogen-bond acceptors (Lipinski definition) is 3. The molecule has 0 unspecified atom stereocenters. The summed E-state index contributed by atoms with van der Waals surface area (Å²) in [4.78, 5) is 12.1. The van der Waals surface area contributed by atoms with Crippen LogP contribution in [0.25, 0.3) is 0 Å². The average molecular weight is 275 g/mol. The predicted octanol–water partition coefficient (Wildman–Crippen LogP) is 1.43. The number of amides is 1. The van der Waals surface area contributed by atoms with E-state index in [1.54, 1.807) is 4.68 Å². The van der Waals surface area contributed by atoms with Gasteiger partial charge >= 0.3 is 0 Å². The minimum Gasteiger partial charge on any atom is -0.352 e. The molecule has 2 rings (SSSR count). The van der Waals surface area contributed by atoms with Crippen LogP contribution in [0.3, 0.4) is 0 Å². The van der Waals surface area contributed by atoms with Gasteiger partial charge in [0.25, 0.3) is 5.91 Å². The molecule has 0 aliphatic carbocycles. The molecule has 0 aliphatic heterocycles. The molecule has 0 atom stereocenters. The van der Waals surface area contributed by atoms with Gasteiger partial charge in [0.15, 0.2) is 0 Å². The van der Waals surface area contributed by atoms with E-state index in [0.717, 1.165) is 29.9 Å². The van der Waals surface area contributed by atoms with Crippen molar-refractivity contribution >= 4 is 5.91 Å². The van der Waals surface area contributed by atoms with Crippen LogP contribution in [0.4, 0.5) is 0 Å². The molecule has 0 saturated carbocycles. The lowest BCUT2D eigenvalue weighted by molar-refractivity contribution is 0.0952. The number of aryl methyl sites for hydroxylation is 4. The summed E-state index contributed by atoms with van der Waals surface area (Å²) in [5, 5.41) is 14.1. The number of aromatic nitrogens is 4. The highest BCUT2D eigenvalue weighted by atomic mass is 16.1. The molecule has 6 nitrogen and oxygen atoms in total. The van der Waals surface area contributed by atoms with Crippen molar-refractivity contribution in [1.29, 1.82) is 0 Å².